The first-order valence-corrected chi connectivity index (χ1v) is 8.72. The maximum Gasteiger partial charge on any atom is 0.193 e. The molecule has 22 heavy (non-hydrogen) atoms. The Balaban J connectivity index is 0.00000242. The molecule has 0 aliphatic carbocycles. The van der Waals surface area contributed by atoms with Gasteiger partial charge in [-0.1, -0.05) is 13.8 Å². The Labute approximate surface area is 154 Å². The Bertz CT molecular complexity index is 330. The predicted octanol–water partition coefficient (Wildman–Crippen LogP) is 2.89. The molecule has 0 bridgehead atoms. The minimum atomic E-state index is 0. The first kappa shape index (κ1) is 20.0. The molecular weight excluding hydrogens is 387 g/mol. The maximum absolute atomic E-state index is 4.50. The molecule has 2 aliphatic rings. The van der Waals surface area contributed by atoms with Gasteiger partial charge in [0.25, 0.3) is 0 Å². The zero-order valence-corrected chi connectivity index (χ0v) is 17.2. The lowest BCUT2D eigenvalue weighted by molar-refractivity contribution is 0.203. The third kappa shape index (κ3) is 6.22. The average molecular weight is 422 g/mol. The molecule has 0 saturated carbocycles. The summed E-state index contributed by atoms with van der Waals surface area (Å²) in [7, 11) is 4.15. The van der Waals surface area contributed by atoms with Crippen molar-refractivity contribution in [2.75, 3.05) is 46.8 Å². The minimum absolute atomic E-state index is 0. The van der Waals surface area contributed by atoms with Crippen molar-refractivity contribution >= 4 is 29.9 Å². The van der Waals surface area contributed by atoms with E-state index in [2.05, 4.69) is 41.0 Å². The molecule has 0 radical (unpaired) electrons. The van der Waals surface area contributed by atoms with E-state index in [-0.39, 0.29) is 24.0 Å². The fourth-order valence-electron chi connectivity index (χ4n) is 3.91. The van der Waals surface area contributed by atoms with E-state index in [0.717, 1.165) is 43.3 Å². The highest BCUT2D eigenvalue weighted by atomic mass is 127. The Morgan fingerprint density at radius 2 is 1.73 bits per heavy atom. The normalized spacial score (nSPS) is 28.4. The van der Waals surface area contributed by atoms with Crippen molar-refractivity contribution in [2.45, 2.75) is 39.5 Å². The van der Waals surface area contributed by atoms with Crippen LogP contribution in [0, 0.1) is 17.8 Å². The molecule has 0 aromatic carbocycles. The van der Waals surface area contributed by atoms with Gasteiger partial charge in [-0.05, 0) is 63.6 Å². The van der Waals surface area contributed by atoms with Gasteiger partial charge >= 0.3 is 0 Å². The summed E-state index contributed by atoms with van der Waals surface area (Å²) < 4.78 is 0. The summed E-state index contributed by atoms with van der Waals surface area (Å²) in [6, 6.07) is 0. The van der Waals surface area contributed by atoms with E-state index >= 15 is 0 Å². The molecular formula is C17H35IN4. The third-order valence-corrected chi connectivity index (χ3v) is 5.05. The van der Waals surface area contributed by atoms with Crippen molar-refractivity contribution in [3.8, 4) is 0 Å². The number of halogens is 1. The topological polar surface area (TPSA) is 30.9 Å². The summed E-state index contributed by atoms with van der Waals surface area (Å²) in [5.74, 6) is 3.56. The second kappa shape index (κ2) is 9.96. The number of nitrogens with zero attached hydrogens (tertiary/aromatic N) is 3. The molecule has 130 valence electrons. The van der Waals surface area contributed by atoms with Gasteiger partial charge in [0, 0.05) is 26.7 Å². The Morgan fingerprint density at radius 1 is 1.14 bits per heavy atom. The summed E-state index contributed by atoms with van der Waals surface area (Å²) in [5, 5.41) is 3.60. The SMILES string of the molecule is CN=C(NCCC1CCN(C)CC1)N1CC(C)CC(C)C1.I. The van der Waals surface area contributed by atoms with Crippen molar-refractivity contribution in [1.82, 2.24) is 15.1 Å². The van der Waals surface area contributed by atoms with Crippen molar-refractivity contribution in [3.63, 3.8) is 0 Å². The fraction of sp³-hybridized carbons (Fsp3) is 0.941. The van der Waals surface area contributed by atoms with Gasteiger partial charge in [-0.3, -0.25) is 4.99 Å². The molecule has 2 saturated heterocycles. The zero-order valence-electron chi connectivity index (χ0n) is 14.8. The van der Waals surface area contributed by atoms with Gasteiger partial charge in [0.05, 0.1) is 0 Å². The molecule has 5 heteroatoms. The zero-order chi connectivity index (χ0) is 15.2. The third-order valence-electron chi connectivity index (χ3n) is 5.05. The van der Waals surface area contributed by atoms with Gasteiger partial charge in [-0.15, -0.1) is 24.0 Å². The molecule has 1 N–H and O–H groups in total. The molecule has 0 aromatic rings. The molecule has 0 amide bonds. The monoisotopic (exact) mass is 422 g/mol. The van der Waals surface area contributed by atoms with Crippen LogP contribution >= 0.6 is 24.0 Å². The van der Waals surface area contributed by atoms with Gasteiger partial charge in [0.2, 0.25) is 0 Å². The molecule has 0 spiro atoms. The molecule has 2 rings (SSSR count). The van der Waals surface area contributed by atoms with Crippen LogP contribution < -0.4 is 5.32 Å². The van der Waals surface area contributed by atoms with Crippen LogP contribution in [0.25, 0.3) is 0 Å². The van der Waals surface area contributed by atoms with Crippen LogP contribution in [-0.2, 0) is 0 Å². The summed E-state index contributed by atoms with van der Waals surface area (Å²) in [6.07, 6.45) is 5.35. The van der Waals surface area contributed by atoms with Gasteiger partial charge in [0.1, 0.15) is 0 Å². The number of guanidine groups is 1. The first-order valence-electron chi connectivity index (χ1n) is 8.72. The van der Waals surface area contributed by atoms with Gasteiger partial charge in [0.15, 0.2) is 5.96 Å². The van der Waals surface area contributed by atoms with Crippen molar-refractivity contribution < 1.29 is 0 Å². The van der Waals surface area contributed by atoms with Crippen LogP contribution in [0.5, 0.6) is 0 Å². The Hall–Kier alpha value is -0.0400. The van der Waals surface area contributed by atoms with E-state index in [1.54, 1.807) is 0 Å². The van der Waals surface area contributed by atoms with E-state index in [4.69, 9.17) is 0 Å². The summed E-state index contributed by atoms with van der Waals surface area (Å²) in [4.78, 5) is 9.39. The highest BCUT2D eigenvalue weighted by molar-refractivity contribution is 14.0. The molecule has 2 fully saturated rings. The molecule has 2 heterocycles. The smallest absolute Gasteiger partial charge is 0.193 e. The lowest BCUT2D eigenvalue weighted by Crippen LogP contribution is -2.48. The summed E-state index contributed by atoms with van der Waals surface area (Å²) >= 11 is 0. The largest absolute Gasteiger partial charge is 0.356 e. The number of likely N-dealkylation sites (tertiary alicyclic amines) is 2. The van der Waals surface area contributed by atoms with E-state index in [0.29, 0.717) is 0 Å². The lowest BCUT2D eigenvalue weighted by Gasteiger charge is -2.37. The van der Waals surface area contributed by atoms with Crippen LogP contribution in [-0.4, -0.2) is 62.6 Å². The number of nitrogens with one attached hydrogen (secondary N) is 1. The molecule has 0 aromatic heterocycles. The van der Waals surface area contributed by atoms with Crippen LogP contribution in [0.15, 0.2) is 4.99 Å². The van der Waals surface area contributed by atoms with Gasteiger partial charge < -0.3 is 15.1 Å². The number of hydrogen-bond donors (Lipinski definition) is 1. The number of hydrogen-bond acceptors (Lipinski definition) is 2. The quantitative estimate of drug-likeness (QED) is 0.431. The number of rotatable bonds is 3. The molecule has 2 atom stereocenters. The molecule has 4 nitrogen and oxygen atoms in total. The van der Waals surface area contributed by atoms with E-state index < -0.39 is 0 Å². The van der Waals surface area contributed by atoms with Crippen LogP contribution in [0.1, 0.15) is 39.5 Å². The van der Waals surface area contributed by atoms with E-state index in [1.165, 1.54) is 38.8 Å². The predicted molar refractivity (Wildman–Crippen MR) is 106 cm³/mol. The minimum Gasteiger partial charge on any atom is -0.356 e. The highest BCUT2D eigenvalue weighted by Gasteiger charge is 2.24. The second-order valence-corrected chi connectivity index (χ2v) is 7.36. The van der Waals surface area contributed by atoms with Gasteiger partial charge in [-0.25, -0.2) is 0 Å². The average Bonchev–Trinajstić information content (AvgIpc) is 2.44. The van der Waals surface area contributed by atoms with Crippen molar-refractivity contribution in [1.29, 1.82) is 0 Å². The molecule has 2 unspecified atom stereocenters. The van der Waals surface area contributed by atoms with Crippen LogP contribution in [0.4, 0.5) is 0 Å². The van der Waals surface area contributed by atoms with Crippen LogP contribution in [0.2, 0.25) is 0 Å². The second-order valence-electron chi connectivity index (χ2n) is 7.36. The fourth-order valence-corrected chi connectivity index (χ4v) is 3.91. The Morgan fingerprint density at radius 3 is 2.27 bits per heavy atom. The molecule has 2 aliphatic heterocycles. The highest BCUT2D eigenvalue weighted by Crippen LogP contribution is 2.21. The van der Waals surface area contributed by atoms with E-state index in [9.17, 15) is 0 Å². The summed E-state index contributed by atoms with van der Waals surface area (Å²) in [5.41, 5.74) is 0. The van der Waals surface area contributed by atoms with Crippen molar-refractivity contribution in [3.05, 3.63) is 0 Å². The van der Waals surface area contributed by atoms with Crippen LogP contribution in [0.3, 0.4) is 0 Å². The number of aliphatic imine (C=N–C) groups is 1. The summed E-state index contributed by atoms with van der Waals surface area (Å²) in [6.45, 7) is 10.6. The van der Waals surface area contributed by atoms with E-state index in [1.807, 2.05) is 7.05 Å². The first-order chi connectivity index (χ1) is 10.1. The Kier molecular flexibility index (Phi) is 9.05. The van der Waals surface area contributed by atoms with Crippen molar-refractivity contribution in [2.24, 2.45) is 22.7 Å². The lowest BCUT2D eigenvalue weighted by atomic mass is 9.92. The van der Waals surface area contributed by atoms with Gasteiger partial charge in [-0.2, -0.15) is 0 Å². The number of piperidine rings is 2. The standard InChI is InChI=1S/C17H34N4.HI/c1-14-11-15(2)13-21(12-14)17(18-3)19-8-5-16-6-9-20(4)10-7-16;/h14-16H,5-13H2,1-4H3,(H,18,19);1H. The maximum atomic E-state index is 4.50.